The molecule has 0 aromatic heterocycles. The predicted molar refractivity (Wildman–Crippen MR) is 78.0 cm³/mol. The van der Waals surface area contributed by atoms with E-state index >= 15 is 0 Å². The summed E-state index contributed by atoms with van der Waals surface area (Å²) in [5.41, 5.74) is -4.36. The van der Waals surface area contributed by atoms with E-state index in [1.54, 1.807) is 30.3 Å². The zero-order chi connectivity index (χ0) is 17.8. The first kappa shape index (κ1) is 18.7. The number of alkyl halides is 6. The number of halogens is 6. The van der Waals surface area contributed by atoms with Crippen molar-refractivity contribution in [1.29, 1.82) is 0 Å². The maximum absolute atomic E-state index is 12.7. The predicted octanol–water partition coefficient (Wildman–Crippen LogP) is 5.96. The summed E-state index contributed by atoms with van der Waals surface area (Å²) in [6, 6.07) is 13.0. The van der Waals surface area contributed by atoms with Crippen LogP contribution in [0.3, 0.4) is 0 Å². The Morgan fingerprint density at radius 2 is 1.42 bits per heavy atom. The molecule has 0 spiro atoms. The monoisotopic (exact) mass is 365 g/mol. The number of hydrogen-bond donors (Lipinski definition) is 0. The van der Waals surface area contributed by atoms with Crippen molar-refractivity contribution < 1.29 is 31.1 Å². The van der Waals surface area contributed by atoms with Crippen molar-refractivity contribution in [3.05, 3.63) is 71.8 Å². The molecule has 1 radical (unpaired) electrons. The fourth-order valence-electron chi connectivity index (χ4n) is 2.02. The summed E-state index contributed by atoms with van der Waals surface area (Å²) >= 11 is -0.476. The smallest absolute Gasteiger partial charge is 0.276 e. The highest BCUT2D eigenvalue weighted by molar-refractivity contribution is 8.00. The van der Waals surface area contributed by atoms with E-state index < -0.39 is 29.7 Å². The van der Waals surface area contributed by atoms with Crippen LogP contribution in [0.5, 0.6) is 0 Å². The quantitative estimate of drug-likeness (QED) is 0.478. The molecular formula is C16H11F6OS. The fraction of sp³-hybridized carbons (Fsp3) is 0.188. The first-order valence-corrected chi connectivity index (χ1v) is 7.46. The lowest BCUT2D eigenvalue weighted by Crippen LogP contribution is -2.21. The topological polar surface area (TPSA) is 9.23 Å². The maximum atomic E-state index is 12.7. The van der Waals surface area contributed by atoms with Crippen molar-refractivity contribution in [2.75, 3.05) is 0 Å². The Bertz CT molecular complexity index is 654. The Hall–Kier alpha value is -1.67. The van der Waals surface area contributed by atoms with Crippen molar-refractivity contribution in [1.82, 2.24) is 0 Å². The molecule has 0 aliphatic rings. The number of rotatable bonds is 5. The molecule has 0 fully saturated rings. The molecule has 0 N–H and O–H groups in total. The van der Waals surface area contributed by atoms with Gasteiger partial charge in [0.2, 0.25) is 0 Å². The second kappa shape index (κ2) is 7.48. The van der Waals surface area contributed by atoms with Gasteiger partial charge in [0.15, 0.2) is 0 Å². The third-order valence-corrected chi connectivity index (χ3v) is 3.67. The molecule has 1 nitrogen and oxygen atoms in total. The molecule has 0 amide bonds. The molecule has 0 aliphatic carbocycles. The molecule has 8 heteroatoms. The number of thioether (sulfide) groups is 1. The van der Waals surface area contributed by atoms with Gasteiger partial charge in [-0.1, -0.05) is 48.5 Å². The number of ether oxygens (including phenoxy) is 1. The fourth-order valence-corrected chi connectivity index (χ4v) is 2.71. The molecule has 24 heavy (non-hydrogen) atoms. The molecular weight excluding hydrogens is 354 g/mol. The van der Waals surface area contributed by atoms with E-state index in [-0.39, 0.29) is 16.9 Å². The Morgan fingerprint density at radius 1 is 0.833 bits per heavy atom. The van der Waals surface area contributed by atoms with E-state index in [0.717, 1.165) is 6.07 Å². The van der Waals surface area contributed by atoms with Crippen LogP contribution in [-0.2, 0) is 11.2 Å². The van der Waals surface area contributed by atoms with Crippen molar-refractivity contribution in [3.63, 3.8) is 0 Å². The molecule has 2 aromatic carbocycles. The highest BCUT2D eigenvalue weighted by atomic mass is 32.2. The zero-order valence-electron chi connectivity index (χ0n) is 12.0. The summed E-state index contributed by atoms with van der Waals surface area (Å²) in [5, 5.41) is 0. The third-order valence-electron chi connectivity index (χ3n) is 2.86. The van der Waals surface area contributed by atoms with E-state index in [1.807, 2.05) is 0 Å². The van der Waals surface area contributed by atoms with E-state index in [1.165, 1.54) is 18.2 Å². The minimum Gasteiger partial charge on any atom is -0.276 e. The lowest BCUT2D eigenvalue weighted by molar-refractivity contribution is -0.317. The highest BCUT2D eigenvalue weighted by Gasteiger charge is 2.37. The molecule has 0 heterocycles. The highest BCUT2D eigenvalue weighted by Crippen LogP contribution is 2.42. The van der Waals surface area contributed by atoms with E-state index in [2.05, 4.69) is 4.74 Å². The van der Waals surface area contributed by atoms with E-state index in [9.17, 15) is 26.3 Å². The Labute approximate surface area is 138 Å². The van der Waals surface area contributed by atoms with Crippen LogP contribution in [0.2, 0.25) is 0 Å². The third kappa shape index (κ3) is 6.09. The van der Waals surface area contributed by atoms with Gasteiger partial charge in [0, 0.05) is 16.9 Å². The van der Waals surface area contributed by atoms with Crippen LogP contribution in [0.25, 0.3) is 0 Å². The second-order valence-corrected chi connectivity index (χ2v) is 5.78. The van der Waals surface area contributed by atoms with E-state index in [4.69, 9.17) is 0 Å². The van der Waals surface area contributed by atoms with Gasteiger partial charge in [-0.25, -0.2) is 0 Å². The van der Waals surface area contributed by atoms with Gasteiger partial charge in [-0.15, -0.1) is 13.2 Å². The van der Waals surface area contributed by atoms with Crippen LogP contribution in [0.1, 0.15) is 11.1 Å². The van der Waals surface area contributed by atoms with Crippen LogP contribution in [0, 0.1) is 6.10 Å². The Balaban J connectivity index is 2.36. The lowest BCUT2D eigenvalue weighted by Gasteiger charge is -2.21. The second-order valence-electron chi connectivity index (χ2n) is 4.68. The first-order valence-electron chi connectivity index (χ1n) is 6.65. The van der Waals surface area contributed by atoms with Gasteiger partial charge in [-0.05, 0) is 23.4 Å². The summed E-state index contributed by atoms with van der Waals surface area (Å²) in [4.78, 5) is -0.347. The minimum absolute atomic E-state index is 0.235. The Kier molecular flexibility index (Phi) is 5.82. The van der Waals surface area contributed by atoms with Crippen LogP contribution in [0.4, 0.5) is 26.3 Å². The summed E-state index contributed by atoms with van der Waals surface area (Å²) in [6.45, 7) is 0. The normalized spacial score (nSPS) is 12.6. The van der Waals surface area contributed by atoms with Gasteiger partial charge in [0.25, 0.3) is 0 Å². The average Bonchev–Trinajstić information content (AvgIpc) is 2.45. The molecule has 0 saturated carbocycles. The van der Waals surface area contributed by atoms with Crippen LogP contribution in [0.15, 0.2) is 59.5 Å². The molecule has 129 valence electrons. The van der Waals surface area contributed by atoms with Gasteiger partial charge in [-0.2, -0.15) is 13.2 Å². The summed E-state index contributed by atoms with van der Waals surface area (Å²) in [7, 11) is 0. The molecule has 2 rings (SSSR count). The molecule has 0 bridgehead atoms. The van der Waals surface area contributed by atoms with Crippen molar-refractivity contribution in [2.45, 2.75) is 23.2 Å². The minimum atomic E-state index is -5.00. The van der Waals surface area contributed by atoms with Gasteiger partial charge >= 0.3 is 11.9 Å². The van der Waals surface area contributed by atoms with Crippen LogP contribution >= 0.6 is 11.8 Å². The lowest BCUT2D eigenvalue weighted by atomic mass is 10.0. The largest absolute Gasteiger partial charge is 0.523 e. The van der Waals surface area contributed by atoms with Crippen LogP contribution < -0.4 is 0 Å². The summed E-state index contributed by atoms with van der Waals surface area (Å²) in [5.74, 6) is 0. The SMILES string of the molecule is FC(F)(F)O[C](Cc1ccccc1)c1ccccc1SC(F)(F)F. The van der Waals surface area contributed by atoms with Crippen molar-refractivity contribution >= 4 is 11.8 Å². The van der Waals surface area contributed by atoms with E-state index in [0.29, 0.717) is 5.56 Å². The van der Waals surface area contributed by atoms with Gasteiger partial charge in [-0.3, -0.25) is 4.74 Å². The van der Waals surface area contributed by atoms with Gasteiger partial charge in [0.1, 0.15) is 6.10 Å². The molecule has 0 saturated heterocycles. The number of benzene rings is 2. The molecule has 0 unspecified atom stereocenters. The molecule has 2 aromatic rings. The van der Waals surface area contributed by atoms with Gasteiger partial charge in [0.05, 0.1) is 0 Å². The summed E-state index contributed by atoms with van der Waals surface area (Å²) < 4.78 is 80.0. The Morgan fingerprint density at radius 3 is 2.00 bits per heavy atom. The number of hydrogen-bond acceptors (Lipinski definition) is 2. The maximum Gasteiger partial charge on any atom is 0.523 e. The van der Waals surface area contributed by atoms with Crippen molar-refractivity contribution in [3.8, 4) is 0 Å². The van der Waals surface area contributed by atoms with Crippen LogP contribution in [-0.4, -0.2) is 11.9 Å². The van der Waals surface area contributed by atoms with Gasteiger partial charge < -0.3 is 0 Å². The van der Waals surface area contributed by atoms with Crippen molar-refractivity contribution in [2.24, 2.45) is 0 Å². The standard InChI is InChI=1S/C16H11F6OS/c17-15(18,19)23-13(10-11-6-2-1-3-7-11)12-8-4-5-9-14(12)24-16(20,21)22/h1-9H,10H2. The summed E-state index contributed by atoms with van der Waals surface area (Å²) in [6.07, 6.45) is -5.86. The zero-order valence-corrected chi connectivity index (χ0v) is 12.8. The molecule has 0 atom stereocenters. The first-order chi connectivity index (χ1) is 11.1. The molecule has 0 aliphatic heterocycles. The average molecular weight is 365 g/mol.